The van der Waals surface area contributed by atoms with Crippen LogP contribution in [-0.2, 0) is 6.54 Å². The number of ether oxygens (including phenoxy) is 1. The lowest BCUT2D eigenvalue weighted by molar-refractivity contribution is 0.286. The number of nitrogens with zero attached hydrogens (tertiary/aromatic N) is 4. The number of nitrogens with two attached hydrogens (primary N) is 1. The van der Waals surface area contributed by atoms with E-state index in [1.54, 1.807) is 0 Å². The Bertz CT molecular complexity index is 1020. The second kappa shape index (κ2) is 7.73. The molecular formula is C18H24N6O3. The van der Waals surface area contributed by atoms with Crippen molar-refractivity contribution in [1.29, 1.82) is 0 Å². The first-order valence-corrected chi connectivity index (χ1v) is 9.06. The van der Waals surface area contributed by atoms with Crippen molar-refractivity contribution in [2.45, 2.75) is 46.2 Å². The number of nitrogen functional groups attached to an aromatic ring is 1. The normalized spacial score (nSPS) is 19.3. The molecule has 2 aromatic rings. The molecule has 2 aromatic heterocycles. The molecule has 2 atom stereocenters. The molecule has 144 valence electrons. The van der Waals surface area contributed by atoms with E-state index in [4.69, 9.17) is 10.5 Å². The van der Waals surface area contributed by atoms with Gasteiger partial charge in [-0.15, -0.1) is 0 Å². The summed E-state index contributed by atoms with van der Waals surface area (Å²) in [6, 6.07) is 0.0745. The summed E-state index contributed by atoms with van der Waals surface area (Å²) < 4.78 is 6.87. The number of anilines is 1. The lowest BCUT2D eigenvalue weighted by Crippen LogP contribution is -2.39. The van der Waals surface area contributed by atoms with Crippen LogP contribution in [0.1, 0.15) is 33.6 Å². The third-order valence-electron chi connectivity index (χ3n) is 4.56. The van der Waals surface area contributed by atoms with E-state index in [1.165, 1.54) is 4.57 Å². The Labute approximate surface area is 156 Å². The zero-order valence-corrected chi connectivity index (χ0v) is 15.7. The highest BCUT2D eigenvalue weighted by Gasteiger charge is 2.21. The van der Waals surface area contributed by atoms with Crippen LogP contribution in [0.25, 0.3) is 11.2 Å². The Kier molecular flexibility index (Phi) is 5.38. The number of hydrogen-bond donors (Lipinski definition) is 2. The molecule has 0 amide bonds. The minimum Gasteiger partial charge on any atom is -0.463 e. The van der Waals surface area contributed by atoms with Gasteiger partial charge < -0.3 is 15.5 Å². The largest absolute Gasteiger partial charge is 0.463 e. The summed E-state index contributed by atoms with van der Waals surface area (Å²) in [4.78, 5) is 40.0. The van der Waals surface area contributed by atoms with Gasteiger partial charge >= 0.3 is 17.1 Å². The summed E-state index contributed by atoms with van der Waals surface area (Å²) in [5.74, 6) is 0.0236. The monoisotopic (exact) mass is 372 g/mol. The Morgan fingerprint density at radius 3 is 2.81 bits per heavy atom. The predicted octanol–water partition coefficient (Wildman–Crippen LogP) is 1.28. The number of nitrogens with one attached hydrogen (secondary N) is 1. The molecule has 3 N–H and O–H groups in total. The zero-order chi connectivity index (χ0) is 19.6. The minimum absolute atomic E-state index is 0.0179. The fraction of sp³-hybridized carbons (Fsp3) is 0.500. The molecule has 9 nitrogen and oxygen atoms in total. The van der Waals surface area contributed by atoms with Crippen LogP contribution in [0.15, 0.2) is 26.7 Å². The molecule has 0 aromatic carbocycles. The summed E-state index contributed by atoms with van der Waals surface area (Å²) in [6.45, 7) is 6.65. The summed E-state index contributed by atoms with van der Waals surface area (Å²) in [5.41, 5.74) is 5.94. The van der Waals surface area contributed by atoms with Crippen molar-refractivity contribution < 1.29 is 4.74 Å². The third kappa shape index (κ3) is 3.91. The van der Waals surface area contributed by atoms with Crippen LogP contribution in [0, 0.1) is 5.92 Å². The van der Waals surface area contributed by atoms with Gasteiger partial charge in [0.15, 0.2) is 11.5 Å². The van der Waals surface area contributed by atoms with Crippen LogP contribution in [-0.4, -0.2) is 37.9 Å². The highest BCUT2D eigenvalue weighted by Crippen LogP contribution is 2.21. The van der Waals surface area contributed by atoms with Crippen molar-refractivity contribution in [2.75, 3.05) is 12.3 Å². The van der Waals surface area contributed by atoms with E-state index >= 15 is 0 Å². The maximum absolute atomic E-state index is 12.5. The highest BCUT2D eigenvalue weighted by molar-refractivity contribution is 5.93. The maximum atomic E-state index is 12.5. The predicted molar refractivity (Wildman–Crippen MR) is 104 cm³/mol. The molecule has 9 heteroatoms. The van der Waals surface area contributed by atoms with Crippen molar-refractivity contribution in [3.05, 3.63) is 32.9 Å². The Hall–Kier alpha value is -2.97. The lowest BCUT2D eigenvalue weighted by atomic mass is 9.97. The first kappa shape index (κ1) is 18.8. The average Bonchev–Trinajstić information content (AvgIpc) is 2.62. The van der Waals surface area contributed by atoms with Crippen LogP contribution in [0.5, 0.6) is 6.01 Å². The van der Waals surface area contributed by atoms with Crippen LogP contribution >= 0.6 is 0 Å². The van der Waals surface area contributed by atoms with E-state index in [2.05, 4.69) is 19.9 Å². The number of aromatic amines is 1. The highest BCUT2D eigenvalue weighted by atomic mass is 16.5. The number of fused-ring (bicyclic) bond motifs is 1. The fourth-order valence-corrected chi connectivity index (χ4v) is 3.00. The molecule has 3 rings (SSSR count). The van der Waals surface area contributed by atoms with Gasteiger partial charge in [0.2, 0.25) is 0 Å². The first-order chi connectivity index (χ1) is 12.9. The van der Waals surface area contributed by atoms with Gasteiger partial charge in [0.25, 0.3) is 0 Å². The molecule has 0 radical (unpaired) electrons. The van der Waals surface area contributed by atoms with Gasteiger partial charge in [-0.3, -0.25) is 19.1 Å². The van der Waals surface area contributed by atoms with Crippen LogP contribution in [0.3, 0.4) is 0 Å². The molecule has 0 bridgehead atoms. The summed E-state index contributed by atoms with van der Waals surface area (Å²) >= 11 is 0. The number of rotatable bonds is 6. The second-order valence-corrected chi connectivity index (χ2v) is 6.70. The van der Waals surface area contributed by atoms with Gasteiger partial charge in [0.1, 0.15) is 5.52 Å². The number of unbranched alkanes of at least 4 members (excludes halogenated alkanes) is 1. The van der Waals surface area contributed by atoms with E-state index < -0.39 is 11.1 Å². The topological polar surface area (TPSA) is 128 Å². The average molecular weight is 372 g/mol. The molecule has 1 aliphatic heterocycles. The van der Waals surface area contributed by atoms with Crippen molar-refractivity contribution >= 4 is 22.7 Å². The first-order valence-electron chi connectivity index (χ1n) is 9.06. The molecule has 0 saturated carbocycles. The molecular weight excluding hydrogens is 348 g/mol. The molecule has 1 aliphatic rings. The standard InChI is InChI=1S/C18H24N6O3/c1-4-5-8-27-18-22-14(19)13-15(23-18)24(17(26)16(25)21-13)9-12-7-6-10(2)20-11(12)3/h6-7,11-12H,4-5,8-9H2,1-3H3,(H,21,25)(H2,19,22,23). The smallest absolute Gasteiger partial charge is 0.320 e. The molecule has 2 unspecified atom stereocenters. The van der Waals surface area contributed by atoms with Crippen molar-refractivity contribution in [3.8, 4) is 6.01 Å². The number of H-pyrrole nitrogens is 1. The van der Waals surface area contributed by atoms with Gasteiger partial charge in [-0.25, -0.2) is 0 Å². The summed E-state index contributed by atoms with van der Waals surface area (Å²) in [6.07, 6.45) is 5.72. The SMILES string of the molecule is CCCCOc1nc(N)c2[nH]c(=O)c(=O)n(CC3C=CC(C)=NC3C)c2n1. The van der Waals surface area contributed by atoms with E-state index in [-0.39, 0.29) is 41.5 Å². The van der Waals surface area contributed by atoms with E-state index in [1.807, 2.05) is 32.9 Å². The summed E-state index contributed by atoms with van der Waals surface area (Å²) in [5, 5.41) is 0. The quantitative estimate of drug-likeness (QED) is 0.580. The molecule has 27 heavy (non-hydrogen) atoms. The van der Waals surface area contributed by atoms with Crippen molar-refractivity contribution in [1.82, 2.24) is 19.5 Å². The second-order valence-electron chi connectivity index (χ2n) is 6.70. The van der Waals surface area contributed by atoms with Crippen molar-refractivity contribution in [2.24, 2.45) is 10.9 Å². The lowest BCUT2D eigenvalue weighted by Gasteiger charge is -2.22. The van der Waals surface area contributed by atoms with Crippen LogP contribution in [0.2, 0.25) is 0 Å². The van der Waals surface area contributed by atoms with Crippen LogP contribution < -0.4 is 21.6 Å². The minimum atomic E-state index is -0.760. The number of dihydropyridines is 1. The molecule has 0 spiro atoms. The number of aliphatic imine (C=N–C) groups is 1. The number of allylic oxidation sites excluding steroid dienone is 1. The van der Waals surface area contributed by atoms with Gasteiger partial charge in [0, 0.05) is 18.2 Å². The van der Waals surface area contributed by atoms with Gasteiger partial charge in [-0.05, 0) is 26.3 Å². The maximum Gasteiger partial charge on any atom is 0.320 e. The number of hydrogen-bond acceptors (Lipinski definition) is 7. The van der Waals surface area contributed by atoms with Gasteiger partial charge in [0.05, 0.1) is 12.6 Å². The van der Waals surface area contributed by atoms with Gasteiger partial charge in [-0.2, -0.15) is 9.97 Å². The van der Waals surface area contributed by atoms with Gasteiger partial charge in [-0.1, -0.05) is 19.4 Å². The Morgan fingerprint density at radius 1 is 1.33 bits per heavy atom. The van der Waals surface area contributed by atoms with Crippen LogP contribution in [0.4, 0.5) is 5.82 Å². The molecule has 0 saturated heterocycles. The molecule has 0 aliphatic carbocycles. The molecule has 3 heterocycles. The van der Waals surface area contributed by atoms with E-state index in [0.29, 0.717) is 6.61 Å². The van der Waals surface area contributed by atoms with E-state index in [0.717, 1.165) is 18.6 Å². The summed E-state index contributed by atoms with van der Waals surface area (Å²) in [7, 11) is 0. The van der Waals surface area contributed by atoms with Crippen molar-refractivity contribution in [3.63, 3.8) is 0 Å². The molecule has 0 fully saturated rings. The number of aromatic nitrogens is 4. The Balaban J connectivity index is 2.07. The Morgan fingerprint density at radius 2 is 2.11 bits per heavy atom. The zero-order valence-electron chi connectivity index (χ0n) is 15.7. The van der Waals surface area contributed by atoms with E-state index in [9.17, 15) is 9.59 Å². The third-order valence-corrected chi connectivity index (χ3v) is 4.56. The fourth-order valence-electron chi connectivity index (χ4n) is 3.00.